The van der Waals surface area contributed by atoms with E-state index in [1.54, 1.807) is 6.08 Å². The van der Waals surface area contributed by atoms with E-state index < -0.39 is 0 Å². The minimum Gasteiger partial charge on any atom is -0.382 e. The van der Waals surface area contributed by atoms with E-state index in [-0.39, 0.29) is 0 Å². The largest absolute Gasteiger partial charge is 0.382 e. The van der Waals surface area contributed by atoms with Crippen molar-refractivity contribution in [3.63, 3.8) is 0 Å². The van der Waals surface area contributed by atoms with E-state index in [2.05, 4.69) is 12.5 Å². The molecule has 1 nitrogen and oxygen atoms in total. The molecule has 0 fully saturated rings. The third-order valence-corrected chi connectivity index (χ3v) is 0.784. The molecule has 0 atom stereocenters. The molecule has 0 aromatic carbocycles. The molecule has 0 rings (SSSR count). The van der Waals surface area contributed by atoms with Crippen molar-refractivity contribution in [3.05, 3.63) is 24.4 Å². The van der Waals surface area contributed by atoms with Gasteiger partial charge in [0.25, 0.3) is 0 Å². The first-order chi connectivity index (χ1) is 4.20. The van der Waals surface area contributed by atoms with Gasteiger partial charge < -0.3 is 4.90 Å². The normalized spacial score (nSPS) is 10.1. The van der Waals surface area contributed by atoms with E-state index in [4.69, 9.17) is 6.42 Å². The third kappa shape index (κ3) is 3.42. The molecule has 0 aliphatic heterocycles. The molecule has 0 saturated carbocycles. The predicted octanol–water partition coefficient (Wildman–Crippen LogP) is 1.25. The lowest BCUT2D eigenvalue weighted by atomic mass is 10.3. The van der Waals surface area contributed by atoms with Crippen molar-refractivity contribution in [1.29, 1.82) is 0 Å². The molecule has 0 N–H and O–H groups in total. The molecule has 0 aromatic heterocycles. The molecular formula is C8H11N. The lowest BCUT2D eigenvalue weighted by molar-refractivity contribution is 0.562. The standard InChI is InChI=1S/C8H11N/c1-5-8(6-2)7-9(3)4/h1,6-7H,2H2,3-4H3/b8-7+. The minimum atomic E-state index is 0.806. The van der Waals surface area contributed by atoms with Gasteiger partial charge in [0, 0.05) is 25.9 Å². The maximum Gasteiger partial charge on any atom is 0.0395 e. The summed E-state index contributed by atoms with van der Waals surface area (Å²) in [6, 6.07) is 0. The summed E-state index contributed by atoms with van der Waals surface area (Å²) in [4.78, 5) is 1.89. The summed E-state index contributed by atoms with van der Waals surface area (Å²) in [6.07, 6.45) is 8.61. The molecule has 0 unspecified atom stereocenters. The number of rotatable bonds is 2. The summed E-state index contributed by atoms with van der Waals surface area (Å²) in [7, 11) is 3.84. The van der Waals surface area contributed by atoms with Crippen molar-refractivity contribution >= 4 is 0 Å². The fourth-order valence-corrected chi connectivity index (χ4v) is 0.427. The predicted molar refractivity (Wildman–Crippen MR) is 40.8 cm³/mol. The fourth-order valence-electron chi connectivity index (χ4n) is 0.427. The second-order valence-corrected chi connectivity index (χ2v) is 1.90. The highest BCUT2D eigenvalue weighted by Crippen LogP contribution is 1.92. The topological polar surface area (TPSA) is 3.24 Å². The minimum absolute atomic E-state index is 0.806. The van der Waals surface area contributed by atoms with Gasteiger partial charge in [-0.05, 0) is 0 Å². The van der Waals surface area contributed by atoms with Gasteiger partial charge in [-0.3, -0.25) is 0 Å². The van der Waals surface area contributed by atoms with Crippen molar-refractivity contribution in [2.24, 2.45) is 0 Å². The van der Waals surface area contributed by atoms with Gasteiger partial charge in [-0.15, -0.1) is 6.42 Å². The van der Waals surface area contributed by atoms with E-state index >= 15 is 0 Å². The van der Waals surface area contributed by atoms with Crippen LogP contribution in [0.15, 0.2) is 24.4 Å². The number of hydrogen-bond acceptors (Lipinski definition) is 1. The molecule has 0 saturated heterocycles. The molecule has 0 amide bonds. The van der Waals surface area contributed by atoms with Crippen LogP contribution in [0.4, 0.5) is 0 Å². The second kappa shape index (κ2) is 3.80. The summed E-state index contributed by atoms with van der Waals surface area (Å²) >= 11 is 0. The van der Waals surface area contributed by atoms with Gasteiger partial charge in [0.05, 0.1) is 0 Å². The van der Waals surface area contributed by atoms with E-state index in [1.807, 2.05) is 25.2 Å². The Balaban J connectivity index is 4.12. The van der Waals surface area contributed by atoms with Crippen LogP contribution in [0.1, 0.15) is 0 Å². The average Bonchev–Trinajstić information content (AvgIpc) is 1.82. The number of terminal acetylenes is 1. The second-order valence-electron chi connectivity index (χ2n) is 1.90. The fraction of sp³-hybridized carbons (Fsp3) is 0.250. The molecule has 9 heavy (non-hydrogen) atoms. The first kappa shape index (κ1) is 7.84. The van der Waals surface area contributed by atoms with Gasteiger partial charge in [0.1, 0.15) is 0 Å². The maximum atomic E-state index is 5.12. The molecule has 0 aromatic rings. The molecule has 48 valence electrons. The summed E-state index contributed by atoms with van der Waals surface area (Å²) in [5.41, 5.74) is 0.806. The molecule has 0 radical (unpaired) electrons. The van der Waals surface area contributed by atoms with Crippen molar-refractivity contribution in [2.45, 2.75) is 0 Å². The highest BCUT2D eigenvalue weighted by molar-refractivity contribution is 5.33. The monoisotopic (exact) mass is 121 g/mol. The highest BCUT2D eigenvalue weighted by Gasteiger charge is 1.82. The zero-order chi connectivity index (χ0) is 7.28. The van der Waals surface area contributed by atoms with Crippen LogP contribution in [-0.2, 0) is 0 Å². The lowest BCUT2D eigenvalue weighted by Gasteiger charge is -2.03. The van der Waals surface area contributed by atoms with E-state index in [1.165, 1.54) is 0 Å². The highest BCUT2D eigenvalue weighted by atomic mass is 15.0. The third-order valence-electron chi connectivity index (χ3n) is 0.784. The quantitative estimate of drug-likeness (QED) is 0.392. The van der Waals surface area contributed by atoms with Crippen LogP contribution in [0.3, 0.4) is 0 Å². The number of nitrogens with zero attached hydrogens (tertiary/aromatic N) is 1. The Kier molecular flexibility index (Phi) is 3.31. The molecular weight excluding hydrogens is 110 g/mol. The first-order valence-electron chi connectivity index (χ1n) is 2.68. The van der Waals surface area contributed by atoms with Crippen LogP contribution in [0.5, 0.6) is 0 Å². The molecule has 0 heterocycles. The Hall–Kier alpha value is -1.16. The van der Waals surface area contributed by atoms with Crippen LogP contribution in [-0.4, -0.2) is 19.0 Å². The average molecular weight is 121 g/mol. The van der Waals surface area contributed by atoms with Gasteiger partial charge in [0.2, 0.25) is 0 Å². The van der Waals surface area contributed by atoms with Gasteiger partial charge >= 0.3 is 0 Å². The molecule has 1 heteroatoms. The van der Waals surface area contributed by atoms with Gasteiger partial charge in [0.15, 0.2) is 0 Å². The van der Waals surface area contributed by atoms with E-state index in [9.17, 15) is 0 Å². The number of hydrogen-bond donors (Lipinski definition) is 0. The Morgan fingerprint density at radius 1 is 1.67 bits per heavy atom. The summed E-state index contributed by atoms with van der Waals surface area (Å²) < 4.78 is 0. The van der Waals surface area contributed by atoms with Gasteiger partial charge in [-0.1, -0.05) is 18.6 Å². The zero-order valence-corrected chi connectivity index (χ0v) is 5.89. The van der Waals surface area contributed by atoms with E-state index in [0.717, 1.165) is 5.57 Å². The van der Waals surface area contributed by atoms with Gasteiger partial charge in [-0.25, -0.2) is 0 Å². The lowest BCUT2D eigenvalue weighted by Crippen LogP contribution is -2.01. The Labute approximate surface area is 56.7 Å². The van der Waals surface area contributed by atoms with Crippen LogP contribution in [0.25, 0.3) is 0 Å². The Bertz CT molecular complexity index is 158. The zero-order valence-electron chi connectivity index (χ0n) is 5.89. The molecule has 0 aliphatic carbocycles. The Morgan fingerprint density at radius 3 is 2.33 bits per heavy atom. The van der Waals surface area contributed by atoms with Crippen LogP contribution < -0.4 is 0 Å². The maximum absolute atomic E-state index is 5.12. The van der Waals surface area contributed by atoms with Crippen molar-refractivity contribution in [2.75, 3.05) is 14.1 Å². The molecule has 0 spiro atoms. The summed E-state index contributed by atoms with van der Waals surface area (Å²) in [5.74, 6) is 2.48. The van der Waals surface area contributed by atoms with E-state index in [0.29, 0.717) is 0 Å². The van der Waals surface area contributed by atoms with Gasteiger partial charge in [-0.2, -0.15) is 0 Å². The molecule has 0 bridgehead atoms. The smallest absolute Gasteiger partial charge is 0.0395 e. The Morgan fingerprint density at radius 2 is 2.22 bits per heavy atom. The van der Waals surface area contributed by atoms with Crippen molar-refractivity contribution in [3.8, 4) is 12.3 Å². The SMILES string of the molecule is C#C/C(C=C)=C\N(C)C. The summed E-state index contributed by atoms with van der Waals surface area (Å²) in [5, 5.41) is 0. The van der Waals surface area contributed by atoms with Crippen molar-refractivity contribution < 1.29 is 0 Å². The van der Waals surface area contributed by atoms with Crippen LogP contribution >= 0.6 is 0 Å². The number of allylic oxidation sites excluding steroid dienone is 2. The molecule has 0 aliphatic rings. The van der Waals surface area contributed by atoms with Crippen LogP contribution in [0, 0.1) is 12.3 Å². The van der Waals surface area contributed by atoms with Crippen LogP contribution in [0.2, 0.25) is 0 Å². The summed E-state index contributed by atoms with van der Waals surface area (Å²) in [6.45, 7) is 3.55. The first-order valence-corrected chi connectivity index (χ1v) is 2.68. The van der Waals surface area contributed by atoms with Crippen molar-refractivity contribution in [1.82, 2.24) is 4.90 Å².